The zero-order valence-corrected chi connectivity index (χ0v) is 19.9. The van der Waals surface area contributed by atoms with Gasteiger partial charge in [0.15, 0.2) is 16.8 Å². The minimum absolute atomic E-state index is 0.0189. The Morgan fingerprint density at radius 2 is 1.81 bits per heavy atom. The number of hydrogen-bond donors (Lipinski definition) is 1. The first-order valence-corrected chi connectivity index (χ1v) is 11.4. The lowest BCUT2D eigenvalue weighted by molar-refractivity contribution is 0.0921. The number of rotatable bonds is 9. The Balaban J connectivity index is 1.71. The van der Waals surface area contributed by atoms with Crippen LogP contribution in [-0.4, -0.2) is 39.3 Å². The molecule has 1 amide bonds. The molecule has 0 aliphatic rings. The fraction of sp³-hybridized carbons (Fsp3) is 0.304. The number of hydrogen-bond acceptors (Lipinski definition) is 6. The first-order valence-electron chi connectivity index (χ1n) is 10.1. The van der Waals surface area contributed by atoms with Crippen LogP contribution in [0.2, 0.25) is 5.02 Å². The Kier molecular flexibility index (Phi) is 7.93. The zero-order valence-electron chi connectivity index (χ0n) is 18.3. The fourth-order valence-electron chi connectivity index (χ4n) is 3.11. The number of nitrogens with zero attached hydrogens (tertiary/aromatic N) is 3. The summed E-state index contributed by atoms with van der Waals surface area (Å²) in [6, 6.07) is 13.5. The van der Waals surface area contributed by atoms with Crippen molar-refractivity contribution in [2.45, 2.75) is 25.0 Å². The maximum atomic E-state index is 12.8. The molecule has 3 rings (SSSR count). The van der Waals surface area contributed by atoms with Gasteiger partial charge in [-0.25, -0.2) is 0 Å². The number of ketones is 1. The van der Waals surface area contributed by atoms with E-state index in [2.05, 4.69) is 15.5 Å². The van der Waals surface area contributed by atoms with Gasteiger partial charge < -0.3 is 14.6 Å². The first kappa shape index (κ1) is 23.8. The number of Topliss-reactive ketones (excluding diaryl/α,β-unsaturated/α-hetero) is 1. The highest BCUT2D eigenvalue weighted by atomic mass is 35.5. The van der Waals surface area contributed by atoms with Crippen molar-refractivity contribution in [1.82, 2.24) is 20.1 Å². The summed E-state index contributed by atoms with van der Waals surface area (Å²) >= 11 is 7.47. The third-order valence-corrected chi connectivity index (χ3v) is 6.31. The van der Waals surface area contributed by atoms with E-state index >= 15 is 0 Å². The lowest BCUT2D eigenvalue weighted by atomic mass is 10.0. The zero-order chi connectivity index (χ0) is 23.3. The topological polar surface area (TPSA) is 86.1 Å². The number of thioether (sulfide) groups is 1. The van der Waals surface area contributed by atoms with E-state index in [0.29, 0.717) is 32.9 Å². The van der Waals surface area contributed by atoms with Gasteiger partial charge in [0, 0.05) is 12.6 Å². The summed E-state index contributed by atoms with van der Waals surface area (Å²) in [7, 11) is 3.41. The minimum atomic E-state index is -0.372. The van der Waals surface area contributed by atoms with E-state index < -0.39 is 0 Å². The van der Waals surface area contributed by atoms with Gasteiger partial charge in [-0.1, -0.05) is 49.3 Å². The van der Waals surface area contributed by atoms with Crippen molar-refractivity contribution in [3.63, 3.8) is 0 Å². The molecule has 0 radical (unpaired) electrons. The van der Waals surface area contributed by atoms with Gasteiger partial charge in [0.25, 0.3) is 5.91 Å². The normalized spacial score (nSPS) is 11.9. The van der Waals surface area contributed by atoms with Crippen molar-refractivity contribution in [2.24, 2.45) is 13.0 Å². The number of halogens is 1. The number of aromatic nitrogens is 3. The van der Waals surface area contributed by atoms with E-state index in [-0.39, 0.29) is 29.4 Å². The van der Waals surface area contributed by atoms with Crippen LogP contribution in [0.4, 0.5) is 0 Å². The highest BCUT2D eigenvalue weighted by Crippen LogP contribution is 2.26. The van der Waals surface area contributed by atoms with E-state index in [4.69, 9.17) is 16.3 Å². The summed E-state index contributed by atoms with van der Waals surface area (Å²) in [5, 5.41) is 12.5. The molecule has 0 saturated heterocycles. The molecule has 3 aromatic rings. The van der Waals surface area contributed by atoms with Crippen LogP contribution in [0.1, 0.15) is 46.4 Å². The van der Waals surface area contributed by atoms with Crippen molar-refractivity contribution < 1.29 is 14.3 Å². The van der Waals surface area contributed by atoms with Gasteiger partial charge in [0.1, 0.15) is 5.75 Å². The van der Waals surface area contributed by atoms with E-state index in [1.54, 1.807) is 55.6 Å². The van der Waals surface area contributed by atoms with Crippen molar-refractivity contribution in [1.29, 1.82) is 0 Å². The van der Waals surface area contributed by atoms with Gasteiger partial charge in [-0.05, 0) is 42.3 Å². The van der Waals surface area contributed by atoms with Gasteiger partial charge >= 0.3 is 0 Å². The number of carbonyl (C=O) groups excluding carboxylic acids is 2. The molecule has 168 valence electrons. The second kappa shape index (κ2) is 10.7. The van der Waals surface area contributed by atoms with Crippen LogP contribution in [0, 0.1) is 5.92 Å². The summed E-state index contributed by atoms with van der Waals surface area (Å²) in [5.74, 6) is 1.29. The predicted molar refractivity (Wildman–Crippen MR) is 126 cm³/mol. The van der Waals surface area contributed by atoms with E-state index in [1.165, 1.54) is 11.8 Å². The number of ether oxygens (including phenoxy) is 1. The molecule has 0 spiro atoms. The van der Waals surface area contributed by atoms with Crippen molar-refractivity contribution >= 4 is 35.1 Å². The molecule has 0 unspecified atom stereocenters. The second-order valence-corrected chi connectivity index (χ2v) is 8.86. The Bertz CT molecular complexity index is 1100. The van der Waals surface area contributed by atoms with Crippen molar-refractivity contribution in [3.8, 4) is 5.75 Å². The number of nitrogens with one attached hydrogen (secondary N) is 1. The third kappa shape index (κ3) is 5.49. The van der Waals surface area contributed by atoms with Gasteiger partial charge in [0.2, 0.25) is 0 Å². The standard InChI is InChI=1S/C23H25ClN4O3S/c1-14(2)20(25-22(30)17-7-5-6-8-18(17)24)21-26-27-23(28(21)3)32-13-19(29)15-9-11-16(31-4)12-10-15/h5-12,14,20H,13H2,1-4H3,(H,25,30)/t20-/m0/s1. The van der Waals surface area contributed by atoms with Gasteiger partial charge in [-0.3, -0.25) is 9.59 Å². The summed E-state index contributed by atoms with van der Waals surface area (Å²) < 4.78 is 6.93. The Morgan fingerprint density at radius 3 is 2.44 bits per heavy atom. The Labute approximate surface area is 196 Å². The molecule has 0 aliphatic heterocycles. The molecular formula is C23H25ClN4O3S. The molecule has 1 aromatic heterocycles. The molecule has 0 saturated carbocycles. The predicted octanol–water partition coefficient (Wildman–Crippen LogP) is 4.58. The van der Waals surface area contributed by atoms with Crippen LogP contribution < -0.4 is 10.1 Å². The van der Waals surface area contributed by atoms with Crippen LogP contribution in [-0.2, 0) is 7.05 Å². The van der Waals surface area contributed by atoms with Crippen LogP contribution in [0.3, 0.4) is 0 Å². The molecule has 0 fully saturated rings. The maximum Gasteiger partial charge on any atom is 0.253 e. The minimum Gasteiger partial charge on any atom is -0.497 e. The molecular weight excluding hydrogens is 448 g/mol. The number of methoxy groups -OCH3 is 1. The average molecular weight is 473 g/mol. The summed E-state index contributed by atoms with van der Waals surface area (Å²) in [6.07, 6.45) is 0. The first-order chi connectivity index (χ1) is 15.3. The lowest BCUT2D eigenvalue weighted by Crippen LogP contribution is -2.33. The van der Waals surface area contributed by atoms with Gasteiger partial charge in [-0.15, -0.1) is 10.2 Å². The van der Waals surface area contributed by atoms with Crippen LogP contribution in [0.15, 0.2) is 53.7 Å². The van der Waals surface area contributed by atoms with E-state index in [9.17, 15) is 9.59 Å². The van der Waals surface area contributed by atoms with Crippen molar-refractivity contribution in [3.05, 3.63) is 70.5 Å². The van der Waals surface area contributed by atoms with E-state index in [1.807, 2.05) is 25.5 Å². The smallest absolute Gasteiger partial charge is 0.253 e. The van der Waals surface area contributed by atoms with Crippen molar-refractivity contribution in [2.75, 3.05) is 12.9 Å². The molecule has 32 heavy (non-hydrogen) atoms. The fourth-order valence-corrected chi connectivity index (χ4v) is 4.14. The number of carbonyl (C=O) groups is 2. The SMILES string of the molecule is COc1ccc(C(=O)CSc2nnc([C@@H](NC(=O)c3ccccc3Cl)C(C)C)n2C)cc1. The monoisotopic (exact) mass is 472 g/mol. The summed E-state index contributed by atoms with van der Waals surface area (Å²) in [4.78, 5) is 25.3. The highest BCUT2D eigenvalue weighted by Gasteiger charge is 2.26. The number of benzene rings is 2. The summed E-state index contributed by atoms with van der Waals surface area (Å²) in [6.45, 7) is 3.98. The van der Waals surface area contributed by atoms with E-state index in [0.717, 1.165) is 0 Å². The molecule has 1 atom stereocenters. The molecule has 1 N–H and O–H groups in total. The third-order valence-electron chi connectivity index (χ3n) is 4.96. The molecule has 9 heteroatoms. The largest absolute Gasteiger partial charge is 0.497 e. The summed E-state index contributed by atoms with van der Waals surface area (Å²) in [5.41, 5.74) is 1.01. The second-order valence-electron chi connectivity index (χ2n) is 7.52. The van der Waals surface area contributed by atoms with Crippen LogP contribution in [0.25, 0.3) is 0 Å². The molecule has 1 heterocycles. The average Bonchev–Trinajstić information content (AvgIpc) is 3.15. The van der Waals surface area contributed by atoms with Gasteiger partial charge in [-0.2, -0.15) is 0 Å². The molecule has 0 aliphatic carbocycles. The Hall–Kier alpha value is -2.84. The quantitative estimate of drug-likeness (QED) is 0.362. The molecule has 0 bridgehead atoms. The Morgan fingerprint density at radius 1 is 1.12 bits per heavy atom. The van der Waals surface area contributed by atoms with Crippen LogP contribution >= 0.6 is 23.4 Å². The number of amides is 1. The maximum absolute atomic E-state index is 12.8. The lowest BCUT2D eigenvalue weighted by Gasteiger charge is -2.22. The highest BCUT2D eigenvalue weighted by molar-refractivity contribution is 7.99. The van der Waals surface area contributed by atoms with Crippen LogP contribution in [0.5, 0.6) is 5.75 Å². The molecule has 7 nitrogen and oxygen atoms in total. The molecule has 2 aromatic carbocycles. The van der Waals surface area contributed by atoms with Gasteiger partial charge in [0.05, 0.1) is 29.5 Å².